The first-order valence-corrected chi connectivity index (χ1v) is 2.70. The Morgan fingerprint density at radius 3 is 2.20 bits per heavy atom. The number of carbonyl (C=O) groups is 1. The van der Waals surface area contributed by atoms with Crippen LogP contribution in [0, 0.1) is 0 Å². The molecule has 0 heterocycles. The van der Waals surface area contributed by atoms with Crippen LogP contribution in [0.4, 0.5) is 0 Å². The van der Waals surface area contributed by atoms with Crippen molar-refractivity contribution in [1.82, 2.24) is 0 Å². The second kappa shape index (κ2) is 2.62. The molecule has 3 heteroatoms. The van der Waals surface area contributed by atoms with Crippen LogP contribution in [-0.4, -0.2) is 32.2 Å². The van der Waals surface area contributed by atoms with E-state index in [1.807, 2.05) is 0 Å². The van der Waals surface area contributed by atoms with E-state index in [1.54, 1.807) is 0 Å². The summed E-state index contributed by atoms with van der Waals surface area (Å²) in [5, 5.41) is 0. The summed E-state index contributed by atoms with van der Waals surface area (Å²) < 4.78 is 4.25. The normalized spacial score (nSPS) is 6.80. The van der Waals surface area contributed by atoms with Gasteiger partial charge in [0.05, 0.1) is 0 Å². The number of hydrogen-bond donors (Lipinski definition) is 0. The molecule has 0 amide bonds. The van der Waals surface area contributed by atoms with Gasteiger partial charge < -0.3 is 0 Å². The monoisotopic (exact) mass is 267 g/mol. The first-order valence-electron chi connectivity index (χ1n) is 1.11. The molecule has 0 N–H and O–H groups in total. The number of carbonyl (C=O) groups excluding carboxylic acids is 1. The Labute approximate surface area is 46.8 Å². The van der Waals surface area contributed by atoms with Gasteiger partial charge in [0.2, 0.25) is 0 Å². The molecule has 0 saturated carbocycles. The van der Waals surface area contributed by atoms with Crippen LogP contribution in [0.15, 0.2) is 0 Å². The summed E-state index contributed by atoms with van der Waals surface area (Å²) in [7, 11) is 0. The third-order valence-electron chi connectivity index (χ3n) is 0.144. The fourth-order valence-corrected chi connectivity index (χ4v) is 0. The summed E-state index contributed by atoms with van der Waals surface area (Å²) in [6.45, 7) is 1.40. The molecule has 0 spiro atoms. The molecule has 0 fully saturated rings. The van der Waals surface area contributed by atoms with Crippen LogP contribution in [0.5, 0.6) is 0 Å². The quantitative estimate of drug-likeness (QED) is 0.559. The van der Waals surface area contributed by atoms with E-state index in [2.05, 4.69) is 2.69 Å². The molecule has 0 bridgehead atoms. The third kappa shape index (κ3) is 4.39. The van der Waals surface area contributed by atoms with Crippen molar-refractivity contribution < 1.29 is 7.48 Å². The third-order valence-corrected chi connectivity index (χ3v) is 1.26. The van der Waals surface area contributed by atoms with E-state index in [0.717, 1.165) is 0 Å². The van der Waals surface area contributed by atoms with Crippen molar-refractivity contribution >= 4 is 32.2 Å². The standard InChI is InChI=1S/C2H4O2.Pb/c1-2(3)4;/h1H3,(H,3,4);/q;+1/p-1. The molecule has 0 atom stereocenters. The van der Waals surface area contributed by atoms with Crippen molar-refractivity contribution in [1.29, 1.82) is 0 Å². The second-order valence-corrected chi connectivity index (χ2v) is 1.39. The Bertz CT molecular complexity index is 42.9. The zero-order valence-electron chi connectivity index (χ0n) is 2.82. The van der Waals surface area contributed by atoms with Crippen molar-refractivity contribution in [2.45, 2.75) is 6.92 Å². The molecule has 2 nitrogen and oxygen atoms in total. The summed E-state index contributed by atoms with van der Waals surface area (Å²) >= 11 is 0.524. The fraction of sp³-hybridized carbons (Fsp3) is 0.500. The second-order valence-electron chi connectivity index (χ2n) is 0.594. The molecule has 0 saturated heterocycles. The summed E-state index contributed by atoms with van der Waals surface area (Å²) in [4.78, 5) is 9.62. The van der Waals surface area contributed by atoms with E-state index in [4.69, 9.17) is 0 Å². The molecule has 0 aliphatic heterocycles. The first-order chi connectivity index (χ1) is 2.27. The van der Waals surface area contributed by atoms with Gasteiger partial charge in [0.15, 0.2) is 0 Å². The average molecular weight is 266 g/mol. The molecule has 0 rings (SSSR count). The zero-order chi connectivity index (χ0) is 4.28. The van der Waals surface area contributed by atoms with Gasteiger partial charge in [-0.3, -0.25) is 0 Å². The molecular formula is C2H3O2Pb. The van der Waals surface area contributed by atoms with Gasteiger partial charge in [0.25, 0.3) is 0 Å². The van der Waals surface area contributed by atoms with Gasteiger partial charge in [-0.05, 0) is 0 Å². The van der Waals surface area contributed by atoms with Gasteiger partial charge in [-0.2, -0.15) is 0 Å². The van der Waals surface area contributed by atoms with Gasteiger partial charge in [-0.1, -0.05) is 0 Å². The van der Waals surface area contributed by atoms with Crippen molar-refractivity contribution in [3.63, 3.8) is 0 Å². The molecule has 0 unspecified atom stereocenters. The summed E-state index contributed by atoms with van der Waals surface area (Å²) in [6, 6.07) is 0. The van der Waals surface area contributed by atoms with E-state index < -0.39 is 0 Å². The molecule has 0 aromatic rings. The van der Waals surface area contributed by atoms with Crippen molar-refractivity contribution in [2.75, 3.05) is 0 Å². The molecule has 0 aromatic heterocycles. The van der Waals surface area contributed by atoms with E-state index in [-0.39, 0.29) is 5.97 Å². The zero-order valence-corrected chi connectivity index (χ0v) is 6.70. The van der Waals surface area contributed by atoms with E-state index in [1.165, 1.54) is 6.92 Å². The van der Waals surface area contributed by atoms with Gasteiger partial charge in [0.1, 0.15) is 0 Å². The van der Waals surface area contributed by atoms with Crippen LogP contribution in [0.2, 0.25) is 0 Å². The maximum absolute atomic E-state index is 9.62. The molecule has 0 aliphatic carbocycles. The van der Waals surface area contributed by atoms with Crippen molar-refractivity contribution in [3.05, 3.63) is 0 Å². The Morgan fingerprint density at radius 1 is 2.00 bits per heavy atom. The molecule has 3 radical (unpaired) electrons. The Kier molecular flexibility index (Phi) is 2.83. The fourth-order valence-electron chi connectivity index (χ4n) is 0. The predicted molar refractivity (Wildman–Crippen MR) is 17.5 cm³/mol. The Hall–Kier alpha value is 0.392. The van der Waals surface area contributed by atoms with Crippen molar-refractivity contribution in [3.8, 4) is 0 Å². The Balaban J connectivity index is 2.85. The maximum atomic E-state index is 9.62. The first kappa shape index (κ1) is 5.39. The van der Waals surface area contributed by atoms with Crippen LogP contribution in [-0.2, 0) is 7.48 Å². The van der Waals surface area contributed by atoms with Crippen molar-refractivity contribution in [2.24, 2.45) is 0 Å². The van der Waals surface area contributed by atoms with E-state index in [9.17, 15) is 4.79 Å². The van der Waals surface area contributed by atoms with Crippen LogP contribution in [0.25, 0.3) is 0 Å². The molecule has 27 valence electrons. The SMILES string of the molecule is CC(=O)[O][Pb]. The van der Waals surface area contributed by atoms with Crippen LogP contribution in [0.3, 0.4) is 0 Å². The van der Waals surface area contributed by atoms with Gasteiger partial charge in [-0.15, -0.1) is 0 Å². The minimum atomic E-state index is -0.184. The summed E-state index contributed by atoms with van der Waals surface area (Å²) in [5.74, 6) is -0.184. The number of rotatable bonds is 0. The van der Waals surface area contributed by atoms with Gasteiger partial charge in [-0.25, -0.2) is 0 Å². The molecular weight excluding hydrogens is 263 g/mol. The average Bonchev–Trinajstić information content (AvgIpc) is 1.38. The van der Waals surface area contributed by atoms with Crippen LogP contribution in [0.1, 0.15) is 6.92 Å². The molecule has 0 aliphatic rings. The minimum absolute atomic E-state index is 0.184. The van der Waals surface area contributed by atoms with E-state index >= 15 is 0 Å². The molecule has 5 heavy (non-hydrogen) atoms. The molecule has 0 aromatic carbocycles. The Morgan fingerprint density at radius 2 is 2.20 bits per heavy atom. The van der Waals surface area contributed by atoms with Crippen LogP contribution < -0.4 is 0 Å². The predicted octanol–water partition coefficient (Wildman–Crippen LogP) is -0.367. The van der Waals surface area contributed by atoms with E-state index in [0.29, 0.717) is 26.2 Å². The van der Waals surface area contributed by atoms with Crippen LogP contribution >= 0.6 is 0 Å². The van der Waals surface area contributed by atoms with Gasteiger partial charge in [0, 0.05) is 0 Å². The summed E-state index contributed by atoms with van der Waals surface area (Å²) in [6.07, 6.45) is 0. The summed E-state index contributed by atoms with van der Waals surface area (Å²) in [5.41, 5.74) is 0. The number of hydrogen-bond acceptors (Lipinski definition) is 2. The topological polar surface area (TPSA) is 26.3 Å². The van der Waals surface area contributed by atoms with Gasteiger partial charge >= 0.3 is 46.6 Å².